The Bertz CT molecular complexity index is 1010. The zero-order valence-electron chi connectivity index (χ0n) is 17.0. The molecule has 7 heteroatoms. The van der Waals surface area contributed by atoms with Crippen LogP contribution in [0.4, 0.5) is 0 Å². The van der Waals surface area contributed by atoms with Gasteiger partial charge < -0.3 is 4.74 Å². The number of benzene rings is 2. The normalized spacial score (nSPS) is 32.4. The summed E-state index contributed by atoms with van der Waals surface area (Å²) in [6, 6.07) is 17.4. The van der Waals surface area contributed by atoms with Crippen LogP contribution in [-0.2, 0) is 20.5 Å². The Morgan fingerprint density at radius 2 is 1.73 bits per heavy atom. The second-order valence-corrected chi connectivity index (χ2v) is 13.1. The van der Waals surface area contributed by atoms with E-state index < -0.39 is 10.0 Å². The summed E-state index contributed by atoms with van der Waals surface area (Å²) in [5, 5.41) is 0.202. The monoisotopic (exact) mass is 461 g/mol. The van der Waals surface area contributed by atoms with Gasteiger partial charge in [-0.25, -0.2) is 13.1 Å². The zero-order valence-corrected chi connectivity index (χ0v) is 19.5. The molecule has 4 nitrogen and oxygen atoms in total. The minimum atomic E-state index is -3.55. The Morgan fingerprint density at radius 1 is 1.03 bits per heavy atom. The van der Waals surface area contributed by atoms with Crippen molar-refractivity contribution in [1.82, 2.24) is 4.72 Å². The summed E-state index contributed by atoms with van der Waals surface area (Å²) in [6.07, 6.45) is 5.07. The number of nitrogens with one attached hydrogen (secondary N) is 1. The highest BCUT2D eigenvalue weighted by Crippen LogP contribution is 2.68. The van der Waals surface area contributed by atoms with E-state index in [0.29, 0.717) is 4.90 Å². The fourth-order valence-electron chi connectivity index (χ4n) is 5.15. The average molecular weight is 462 g/mol. The lowest BCUT2D eigenvalue weighted by Crippen LogP contribution is -2.50. The molecule has 3 fully saturated rings. The van der Waals surface area contributed by atoms with Gasteiger partial charge in [-0.05, 0) is 56.7 Å². The second kappa shape index (κ2) is 7.85. The van der Waals surface area contributed by atoms with Crippen LogP contribution in [0, 0.1) is 6.92 Å². The molecule has 0 amide bonds. The molecular weight excluding hydrogens is 434 g/mol. The first-order valence-corrected chi connectivity index (χ1v) is 14.4. The number of hydrogen-bond donors (Lipinski definition) is 1. The van der Waals surface area contributed by atoms with Crippen molar-refractivity contribution in [2.24, 2.45) is 0 Å². The molecular formula is C23H27NO3S3. The van der Waals surface area contributed by atoms with Crippen LogP contribution in [0.2, 0.25) is 0 Å². The van der Waals surface area contributed by atoms with Crippen LogP contribution < -0.4 is 4.72 Å². The lowest BCUT2D eigenvalue weighted by atomic mass is 9.79. The molecule has 1 aliphatic heterocycles. The van der Waals surface area contributed by atoms with Crippen LogP contribution >= 0.6 is 21.6 Å². The Morgan fingerprint density at radius 3 is 2.47 bits per heavy atom. The molecule has 2 aromatic rings. The maximum absolute atomic E-state index is 13.1. The molecule has 160 valence electrons. The van der Waals surface area contributed by atoms with E-state index in [9.17, 15) is 8.42 Å². The first kappa shape index (κ1) is 20.9. The van der Waals surface area contributed by atoms with Crippen molar-refractivity contribution in [2.75, 3.05) is 0 Å². The molecule has 5 rings (SSSR count). The summed E-state index contributed by atoms with van der Waals surface area (Å²) in [6.45, 7) is 1.96. The number of epoxide rings is 1. The van der Waals surface area contributed by atoms with Gasteiger partial charge in [0.05, 0.1) is 16.1 Å². The second-order valence-electron chi connectivity index (χ2n) is 8.78. The van der Waals surface area contributed by atoms with Crippen molar-refractivity contribution < 1.29 is 13.2 Å². The predicted molar refractivity (Wildman–Crippen MR) is 124 cm³/mol. The topological polar surface area (TPSA) is 58.7 Å². The molecule has 0 radical (unpaired) electrons. The highest BCUT2D eigenvalue weighted by Gasteiger charge is 2.75. The van der Waals surface area contributed by atoms with Crippen LogP contribution in [0.5, 0.6) is 0 Å². The molecule has 2 aromatic carbocycles. The van der Waals surface area contributed by atoms with Gasteiger partial charge in [-0.1, -0.05) is 69.6 Å². The fraction of sp³-hybridized carbons (Fsp3) is 0.478. The largest absolute Gasteiger partial charge is 0.362 e. The molecule has 1 heterocycles. The van der Waals surface area contributed by atoms with Crippen LogP contribution in [0.1, 0.15) is 43.2 Å². The van der Waals surface area contributed by atoms with E-state index in [-0.39, 0.29) is 22.5 Å². The summed E-state index contributed by atoms with van der Waals surface area (Å²) < 4.78 is 35.5. The van der Waals surface area contributed by atoms with E-state index in [0.717, 1.165) is 37.0 Å². The van der Waals surface area contributed by atoms with Crippen LogP contribution in [0.3, 0.4) is 0 Å². The quantitative estimate of drug-likeness (QED) is 0.460. The van der Waals surface area contributed by atoms with Crippen molar-refractivity contribution in [3.8, 4) is 0 Å². The maximum atomic E-state index is 13.1. The van der Waals surface area contributed by atoms with E-state index in [1.54, 1.807) is 12.1 Å². The van der Waals surface area contributed by atoms with Crippen molar-refractivity contribution >= 4 is 31.6 Å². The van der Waals surface area contributed by atoms with Crippen molar-refractivity contribution in [3.05, 3.63) is 65.7 Å². The lowest BCUT2D eigenvalue weighted by Gasteiger charge is -2.34. The van der Waals surface area contributed by atoms with Gasteiger partial charge in [0.2, 0.25) is 10.0 Å². The third kappa shape index (κ3) is 3.84. The van der Waals surface area contributed by atoms with Gasteiger partial charge in [0.1, 0.15) is 0 Å². The minimum absolute atomic E-state index is 0.00374. The number of aryl methyl sites for hydroxylation is 1. The molecule has 3 aliphatic rings. The molecule has 0 spiro atoms. The summed E-state index contributed by atoms with van der Waals surface area (Å²) in [4.78, 5) is 0.339. The fourth-order valence-corrected chi connectivity index (χ4v) is 9.46. The molecule has 0 bridgehead atoms. The minimum Gasteiger partial charge on any atom is -0.362 e. The third-order valence-electron chi connectivity index (χ3n) is 6.77. The molecule has 2 saturated carbocycles. The molecule has 1 saturated heterocycles. The van der Waals surface area contributed by atoms with Crippen molar-refractivity contribution in [3.63, 3.8) is 0 Å². The van der Waals surface area contributed by atoms with Gasteiger partial charge in [0, 0.05) is 17.0 Å². The van der Waals surface area contributed by atoms with Crippen LogP contribution in [0.15, 0.2) is 59.5 Å². The van der Waals surface area contributed by atoms with Gasteiger partial charge in [0.15, 0.2) is 0 Å². The van der Waals surface area contributed by atoms with Gasteiger partial charge in [-0.15, -0.1) is 0 Å². The summed E-state index contributed by atoms with van der Waals surface area (Å²) in [7, 11) is 0.0807. The van der Waals surface area contributed by atoms with E-state index >= 15 is 0 Å². The first-order chi connectivity index (χ1) is 14.4. The SMILES string of the molecule is Cc1ccc(S(=O)(=O)N[C@@H]2C[C@]34CCC[C@@]3(C[C@H]2SSCc2ccccc2)O4)cc1. The average Bonchev–Trinajstić information content (AvgIpc) is 3.22. The standard InChI is InChI=1S/C23H27NO3S3/c1-17-8-10-19(11-9-17)30(25,26)24-20-14-22-12-5-13-23(22,27-22)15-21(20)29-28-16-18-6-3-2-4-7-18/h2-4,6-11,20-21,24H,5,12-16H2,1H3/t20-,21-,22-,23+/m1/s1. The highest BCUT2D eigenvalue weighted by atomic mass is 33.1. The Kier molecular flexibility index (Phi) is 5.47. The summed E-state index contributed by atoms with van der Waals surface area (Å²) in [5.74, 6) is 0.915. The molecule has 0 aromatic heterocycles. The Labute approximate surface area is 187 Å². The van der Waals surface area contributed by atoms with E-state index in [1.165, 1.54) is 12.0 Å². The van der Waals surface area contributed by atoms with Gasteiger partial charge in [0.25, 0.3) is 0 Å². The predicted octanol–water partition coefficient (Wildman–Crippen LogP) is 5.08. The van der Waals surface area contributed by atoms with Gasteiger partial charge >= 0.3 is 0 Å². The molecule has 1 N–H and O–H groups in total. The molecule has 0 unspecified atom stereocenters. The van der Waals surface area contributed by atoms with Crippen LogP contribution in [0.25, 0.3) is 0 Å². The van der Waals surface area contributed by atoms with E-state index in [2.05, 4.69) is 29.0 Å². The van der Waals surface area contributed by atoms with Gasteiger partial charge in [-0.3, -0.25) is 0 Å². The number of sulfonamides is 1. The first-order valence-electron chi connectivity index (χ1n) is 10.5. The highest BCUT2D eigenvalue weighted by molar-refractivity contribution is 8.76. The Hall–Kier alpha value is -0.990. The molecule has 4 atom stereocenters. The molecule has 30 heavy (non-hydrogen) atoms. The van der Waals surface area contributed by atoms with Crippen molar-refractivity contribution in [1.29, 1.82) is 0 Å². The number of ether oxygens (including phenoxy) is 1. The number of rotatable bonds is 7. The summed E-state index contributed by atoms with van der Waals surface area (Å²) in [5.41, 5.74) is 2.26. The van der Waals surface area contributed by atoms with E-state index in [4.69, 9.17) is 4.74 Å². The maximum Gasteiger partial charge on any atom is 0.240 e. The third-order valence-corrected chi connectivity index (χ3v) is 11.1. The zero-order chi connectivity index (χ0) is 20.8. The lowest BCUT2D eigenvalue weighted by molar-refractivity contribution is 0.216. The van der Waals surface area contributed by atoms with Crippen LogP contribution in [-0.4, -0.2) is 30.9 Å². The number of hydrogen-bond acceptors (Lipinski definition) is 5. The Balaban J connectivity index is 1.32. The van der Waals surface area contributed by atoms with Crippen molar-refractivity contribution in [2.45, 2.75) is 72.2 Å². The van der Waals surface area contributed by atoms with E-state index in [1.807, 2.05) is 46.7 Å². The summed E-state index contributed by atoms with van der Waals surface area (Å²) >= 11 is 0. The molecule has 2 aliphatic carbocycles. The smallest absolute Gasteiger partial charge is 0.240 e. The van der Waals surface area contributed by atoms with Gasteiger partial charge in [-0.2, -0.15) is 0 Å².